The Morgan fingerprint density at radius 3 is 2.95 bits per heavy atom. The highest BCUT2D eigenvalue weighted by Gasteiger charge is 2.20. The lowest BCUT2D eigenvalue weighted by Gasteiger charge is -2.33. The van der Waals surface area contributed by atoms with Crippen LogP contribution in [0.25, 0.3) is 0 Å². The Labute approximate surface area is 116 Å². The van der Waals surface area contributed by atoms with Crippen molar-refractivity contribution in [3.05, 3.63) is 17.5 Å². The van der Waals surface area contributed by atoms with Crippen LogP contribution in [0.4, 0.5) is 5.95 Å². The third-order valence-electron chi connectivity index (χ3n) is 3.87. The molecule has 1 aliphatic heterocycles. The van der Waals surface area contributed by atoms with Crippen LogP contribution in [0.2, 0.25) is 0 Å². The van der Waals surface area contributed by atoms with Crippen LogP contribution >= 0.6 is 0 Å². The predicted molar refractivity (Wildman–Crippen MR) is 79.4 cm³/mol. The van der Waals surface area contributed by atoms with Gasteiger partial charge in [-0.2, -0.15) is 0 Å². The van der Waals surface area contributed by atoms with E-state index in [0.29, 0.717) is 6.04 Å². The summed E-state index contributed by atoms with van der Waals surface area (Å²) in [6.45, 7) is 9.54. The van der Waals surface area contributed by atoms with Crippen LogP contribution in [0.3, 0.4) is 0 Å². The van der Waals surface area contributed by atoms with Gasteiger partial charge in [0.15, 0.2) is 0 Å². The van der Waals surface area contributed by atoms with Crippen molar-refractivity contribution in [1.29, 1.82) is 0 Å². The molecule has 106 valence electrons. The number of anilines is 1. The zero-order valence-electron chi connectivity index (χ0n) is 12.4. The zero-order valence-corrected chi connectivity index (χ0v) is 12.4. The average Bonchev–Trinajstić information content (AvgIpc) is 2.41. The molecule has 0 radical (unpaired) electrons. The van der Waals surface area contributed by atoms with Gasteiger partial charge in [-0.3, -0.25) is 0 Å². The van der Waals surface area contributed by atoms with Gasteiger partial charge in [0.1, 0.15) is 0 Å². The van der Waals surface area contributed by atoms with Gasteiger partial charge in [-0.1, -0.05) is 6.92 Å². The lowest BCUT2D eigenvalue weighted by Crippen LogP contribution is -2.38. The molecule has 0 saturated carbocycles. The quantitative estimate of drug-likeness (QED) is 0.828. The third kappa shape index (κ3) is 3.66. The highest BCUT2D eigenvalue weighted by molar-refractivity contribution is 5.34. The maximum Gasteiger partial charge on any atom is 0.225 e. The minimum Gasteiger partial charge on any atom is -0.338 e. The first-order valence-electron chi connectivity index (χ1n) is 7.52. The van der Waals surface area contributed by atoms with Gasteiger partial charge in [-0.25, -0.2) is 9.97 Å². The van der Waals surface area contributed by atoms with E-state index in [1.54, 1.807) is 0 Å². The number of nitrogens with zero attached hydrogens (tertiary/aromatic N) is 3. The molecule has 0 aromatic carbocycles. The lowest BCUT2D eigenvalue weighted by atomic mass is 10.0. The molecule has 0 bridgehead atoms. The highest BCUT2D eigenvalue weighted by Crippen LogP contribution is 2.21. The van der Waals surface area contributed by atoms with Crippen LogP contribution < -0.4 is 10.2 Å². The molecule has 19 heavy (non-hydrogen) atoms. The molecule has 1 aliphatic rings. The first-order chi connectivity index (χ1) is 9.22. The summed E-state index contributed by atoms with van der Waals surface area (Å²) in [6, 6.07) is 0.567. The van der Waals surface area contributed by atoms with E-state index in [-0.39, 0.29) is 0 Å². The number of aryl methyl sites for hydroxylation is 1. The molecule has 1 saturated heterocycles. The van der Waals surface area contributed by atoms with Gasteiger partial charge in [0.2, 0.25) is 5.95 Å². The van der Waals surface area contributed by atoms with Crippen LogP contribution in [0.15, 0.2) is 6.20 Å². The van der Waals surface area contributed by atoms with Crippen LogP contribution in [-0.4, -0.2) is 29.1 Å². The van der Waals surface area contributed by atoms with E-state index in [1.165, 1.54) is 24.8 Å². The molecular weight excluding hydrogens is 236 g/mol. The van der Waals surface area contributed by atoms with Gasteiger partial charge in [0.25, 0.3) is 0 Å². The largest absolute Gasteiger partial charge is 0.338 e. The number of hydrogen-bond donors (Lipinski definition) is 1. The maximum absolute atomic E-state index is 4.70. The smallest absolute Gasteiger partial charge is 0.225 e. The van der Waals surface area contributed by atoms with Gasteiger partial charge >= 0.3 is 0 Å². The van der Waals surface area contributed by atoms with Crippen molar-refractivity contribution in [3.8, 4) is 0 Å². The normalized spacial score (nSPS) is 19.7. The lowest BCUT2D eigenvalue weighted by molar-refractivity contribution is 0.476. The summed E-state index contributed by atoms with van der Waals surface area (Å²) in [5, 5.41) is 3.41. The molecule has 1 atom stereocenters. The Morgan fingerprint density at radius 2 is 2.26 bits per heavy atom. The van der Waals surface area contributed by atoms with Crippen molar-refractivity contribution in [1.82, 2.24) is 15.3 Å². The first kappa shape index (κ1) is 14.3. The highest BCUT2D eigenvalue weighted by atomic mass is 15.3. The number of piperidine rings is 1. The van der Waals surface area contributed by atoms with Crippen LogP contribution in [0, 0.1) is 6.92 Å². The minimum absolute atomic E-state index is 0.567. The van der Waals surface area contributed by atoms with Gasteiger partial charge in [0, 0.05) is 36.6 Å². The van der Waals surface area contributed by atoms with E-state index in [9.17, 15) is 0 Å². The summed E-state index contributed by atoms with van der Waals surface area (Å²) in [7, 11) is 0. The monoisotopic (exact) mass is 262 g/mol. The number of rotatable bonds is 5. The Kier molecular flexibility index (Phi) is 5.14. The molecule has 1 unspecified atom stereocenters. The van der Waals surface area contributed by atoms with Crippen LogP contribution in [0.1, 0.15) is 50.8 Å². The molecular formula is C15H26N4. The molecule has 0 amide bonds. The molecule has 1 fully saturated rings. The molecule has 2 heterocycles. The van der Waals surface area contributed by atoms with E-state index in [0.717, 1.165) is 37.7 Å². The second-order valence-corrected chi connectivity index (χ2v) is 5.50. The fraction of sp³-hybridized carbons (Fsp3) is 0.733. The SMILES string of the molecule is CCCNCc1cnc(N2CCCCC2C)nc1C. The summed E-state index contributed by atoms with van der Waals surface area (Å²) in [5.41, 5.74) is 2.31. The molecule has 0 aliphatic carbocycles. The maximum atomic E-state index is 4.70. The average molecular weight is 262 g/mol. The molecule has 4 heteroatoms. The van der Waals surface area contributed by atoms with Crippen molar-refractivity contribution < 1.29 is 0 Å². The summed E-state index contributed by atoms with van der Waals surface area (Å²) in [5.74, 6) is 0.906. The molecule has 0 spiro atoms. The van der Waals surface area contributed by atoms with Crippen LogP contribution in [0.5, 0.6) is 0 Å². The van der Waals surface area contributed by atoms with Crippen molar-refractivity contribution in [2.45, 2.75) is 59.0 Å². The van der Waals surface area contributed by atoms with Gasteiger partial charge < -0.3 is 10.2 Å². The Hall–Kier alpha value is -1.16. The zero-order chi connectivity index (χ0) is 13.7. The first-order valence-corrected chi connectivity index (χ1v) is 7.52. The summed E-state index contributed by atoms with van der Waals surface area (Å²) >= 11 is 0. The number of nitrogens with one attached hydrogen (secondary N) is 1. The fourth-order valence-corrected chi connectivity index (χ4v) is 2.59. The predicted octanol–water partition coefficient (Wildman–Crippen LogP) is 2.66. The molecule has 1 aromatic rings. The standard InChI is InChI=1S/C15H26N4/c1-4-8-16-10-14-11-17-15(18-13(14)3)19-9-6-5-7-12(19)2/h11-12,16H,4-10H2,1-3H3. The van der Waals surface area contributed by atoms with E-state index >= 15 is 0 Å². The second kappa shape index (κ2) is 6.85. The van der Waals surface area contributed by atoms with E-state index in [4.69, 9.17) is 4.98 Å². The topological polar surface area (TPSA) is 41.1 Å². The number of hydrogen-bond acceptors (Lipinski definition) is 4. The van der Waals surface area contributed by atoms with E-state index in [2.05, 4.69) is 36.0 Å². The number of aromatic nitrogens is 2. The molecule has 4 nitrogen and oxygen atoms in total. The summed E-state index contributed by atoms with van der Waals surface area (Å²) in [4.78, 5) is 11.6. The van der Waals surface area contributed by atoms with Gasteiger partial charge in [0.05, 0.1) is 0 Å². The summed E-state index contributed by atoms with van der Waals surface area (Å²) in [6.07, 6.45) is 6.98. The molecule has 1 aromatic heterocycles. The van der Waals surface area contributed by atoms with Crippen molar-refractivity contribution in [2.75, 3.05) is 18.0 Å². The Balaban J connectivity index is 2.05. The molecule has 1 N–H and O–H groups in total. The second-order valence-electron chi connectivity index (χ2n) is 5.50. The van der Waals surface area contributed by atoms with Crippen molar-refractivity contribution >= 4 is 5.95 Å². The van der Waals surface area contributed by atoms with E-state index in [1.807, 2.05) is 6.20 Å². The fourth-order valence-electron chi connectivity index (χ4n) is 2.59. The minimum atomic E-state index is 0.567. The van der Waals surface area contributed by atoms with Gasteiger partial charge in [-0.15, -0.1) is 0 Å². The Morgan fingerprint density at radius 1 is 1.42 bits per heavy atom. The van der Waals surface area contributed by atoms with Crippen molar-refractivity contribution in [3.63, 3.8) is 0 Å². The summed E-state index contributed by atoms with van der Waals surface area (Å²) < 4.78 is 0. The third-order valence-corrected chi connectivity index (χ3v) is 3.87. The van der Waals surface area contributed by atoms with Crippen molar-refractivity contribution in [2.24, 2.45) is 0 Å². The van der Waals surface area contributed by atoms with Crippen LogP contribution in [-0.2, 0) is 6.54 Å². The van der Waals surface area contributed by atoms with Gasteiger partial charge in [-0.05, 0) is 46.1 Å². The molecule has 2 rings (SSSR count). The van der Waals surface area contributed by atoms with E-state index < -0.39 is 0 Å². The Bertz CT molecular complexity index is 405.